The molecule has 29 heavy (non-hydrogen) atoms. The molecule has 1 amide bonds. The van der Waals surface area contributed by atoms with E-state index in [2.05, 4.69) is 17.1 Å². The Hall–Kier alpha value is -2.64. The molecule has 2 aliphatic heterocycles. The van der Waals surface area contributed by atoms with Crippen LogP contribution in [0.2, 0.25) is 0 Å². The third-order valence-electron chi connectivity index (χ3n) is 5.71. The van der Waals surface area contributed by atoms with Gasteiger partial charge in [-0.1, -0.05) is 30.4 Å². The van der Waals surface area contributed by atoms with E-state index in [0.717, 1.165) is 52.9 Å². The SMILES string of the molecule is C[C@@H]1Oc2c(C(=O)Nc3ccc4nc(N5CCOCC5)sc4c3)cccc2[C@@H]1C. The number of benzene rings is 2. The van der Waals surface area contributed by atoms with Gasteiger partial charge < -0.3 is 19.7 Å². The second-order valence-electron chi connectivity index (χ2n) is 7.57. The van der Waals surface area contributed by atoms with Crippen LogP contribution in [0.5, 0.6) is 5.75 Å². The van der Waals surface area contributed by atoms with Crippen molar-refractivity contribution in [1.82, 2.24) is 4.98 Å². The molecular formula is C22H23N3O3S. The first kappa shape index (κ1) is 18.4. The normalized spacial score (nSPS) is 21.1. The lowest BCUT2D eigenvalue weighted by Gasteiger charge is -2.25. The number of ether oxygens (including phenoxy) is 2. The monoisotopic (exact) mass is 409 g/mol. The first-order valence-corrected chi connectivity index (χ1v) is 10.8. The molecule has 1 N–H and O–H groups in total. The predicted octanol–water partition coefficient (Wildman–Crippen LogP) is 4.27. The van der Waals surface area contributed by atoms with Crippen molar-refractivity contribution in [1.29, 1.82) is 0 Å². The summed E-state index contributed by atoms with van der Waals surface area (Å²) < 4.78 is 12.4. The lowest BCUT2D eigenvalue weighted by molar-refractivity contribution is 0.102. The number of carbonyl (C=O) groups is 1. The molecule has 6 nitrogen and oxygen atoms in total. The van der Waals surface area contributed by atoms with Gasteiger partial charge in [-0.05, 0) is 31.2 Å². The van der Waals surface area contributed by atoms with E-state index < -0.39 is 0 Å². The van der Waals surface area contributed by atoms with Gasteiger partial charge in [0.05, 0.1) is 29.0 Å². The zero-order valence-corrected chi connectivity index (χ0v) is 17.3. The molecule has 0 saturated carbocycles. The summed E-state index contributed by atoms with van der Waals surface area (Å²) in [7, 11) is 0. The van der Waals surface area contributed by atoms with Crippen molar-refractivity contribution in [3.05, 3.63) is 47.5 Å². The number of thiazole rings is 1. The first-order valence-electron chi connectivity index (χ1n) is 9.94. The molecule has 1 fully saturated rings. The second-order valence-corrected chi connectivity index (χ2v) is 8.58. The van der Waals surface area contributed by atoms with Crippen LogP contribution in [0, 0.1) is 0 Å². The fraction of sp³-hybridized carbons (Fsp3) is 0.364. The molecule has 5 rings (SSSR count). The van der Waals surface area contributed by atoms with Gasteiger partial charge in [0, 0.05) is 30.3 Å². The molecular weight excluding hydrogens is 386 g/mol. The summed E-state index contributed by atoms with van der Waals surface area (Å²) in [5, 5.41) is 4.03. The number of para-hydroxylation sites is 1. The molecule has 3 aromatic rings. The van der Waals surface area contributed by atoms with E-state index in [0.29, 0.717) is 11.3 Å². The molecule has 0 unspecified atom stereocenters. The quantitative estimate of drug-likeness (QED) is 0.700. The fourth-order valence-corrected chi connectivity index (χ4v) is 4.90. The maximum Gasteiger partial charge on any atom is 0.259 e. The minimum absolute atomic E-state index is 0.0751. The molecule has 2 aromatic carbocycles. The van der Waals surface area contributed by atoms with Crippen LogP contribution in [-0.4, -0.2) is 43.3 Å². The van der Waals surface area contributed by atoms with Gasteiger partial charge in [0.25, 0.3) is 5.91 Å². The van der Waals surface area contributed by atoms with Gasteiger partial charge in [-0.3, -0.25) is 4.79 Å². The van der Waals surface area contributed by atoms with E-state index in [9.17, 15) is 4.79 Å². The van der Waals surface area contributed by atoms with Crippen LogP contribution in [-0.2, 0) is 4.74 Å². The Bertz CT molecular complexity index is 1070. The Kier molecular flexibility index (Phi) is 4.64. The number of nitrogens with one attached hydrogen (secondary N) is 1. The number of hydrogen-bond acceptors (Lipinski definition) is 6. The lowest BCUT2D eigenvalue weighted by Crippen LogP contribution is -2.36. The molecule has 0 aliphatic carbocycles. The molecule has 3 heterocycles. The zero-order valence-electron chi connectivity index (χ0n) is 16.5. The number of nitrogens with zero attached hydrogens (tertiary/aromatic N) is 2. The number of aromatic nitrogens is 1. The summed E-state index contributed by atoms with van der Waals surface area (Å²) >= 11 is 1.64. The Morgan fingerprint density at radius 1 is 1.21 bits per heavy atom. The fourth-order valence-electron chi connectivity index (χ4n) is 3.84. The first-order chi connectivity index (χ1) is 14.1. The Morgan fingerprint density at radius 2 is 2.03 bits per heavy atom. The van der Waals surface area contributed by atoms with E-state index in [1.54, 1.807) is 11.3 Å². The van der Waals surface area contributed by atoms with Gasteiger partial charge in [0.15, 0.2) is 5.13 Å². The number of anilines is 2. The summed E-state index contributed by atoms with van der Waals surface area (Å²) in [5.41, 5.74) is 3.38. The van der Waals surface area contributed by atoms with E-state index >= 15 is 0 Å². The van der Waals surface area contributed by atoms with Crippen LogP contribution in [0.4, 0.5) is 10.8 Å². The van der Waals surface area contributed by atoms with Crippen molar-refractivity contribution in [3.8, 4) is 5.75 Å². The van der Waals surface area contributed by atoms with Crippen LogP contribution >= 0.6 is 11.3 Å². The topological polar surface area (TPSA) is 63.7 Å². The largest absolute Gasteiger partial charge is 0.489 e. The lowest BCUT2D eigenvalue weighted by atomic mass is 9.97. The van der Waals surface area contributed by atoms with Gasteiger partial charge in [-0.25, -0.2) is 4.98 Å². The molecule has 150 valence electrons. The van der Waals surface area contributed by atoms with Crippen molar-refractivity contribution < 1.29 is 14.3 Å². The maximum absolute atomic E-state index is 13.0. The number of amides is 1. The number of fused-ring (bicyclic) bond motifs is 2. The molecule has 0 spiro atoms. The van der Waals surface area contributed by atoms with E-state index in [1.807, 2.05) is 43.3 Å². The minimum atomic E-state index is -0.152. The molecule has 2 aliphatic rings. The summed E-state index contributed by atoms with van der Waals surface area (Å²) in [6.45, 7) is 7.35. The van der Waals surface area contributed by atoms with Gasteiger partial charge in [0.1, 0.15) is 11.9 Å². The van der Waals surface area contributed by atoms with Gasteiger partial charge in [-0.2, -0.15) is 0 Å². The highest BCUT2D eigenvalue weighted by Crippen LogP contribution is 2.40. The Balaban J connectivity index is 1.39. The predicted molar refractivity (Wildman–Crippen MR) is 116 cm³/mol. The van der Waals surface area contributed by atoms with Gasteiger partial charge >= 0.3 is 0 Å². The third kappa shape index (κ3) is 3.34. The van der Waals surface area contributed by atoms with E-state index in [1.165, 1.54) is 0 Å². The number of rotatable bonds is 3. The van der Waals surface area contributed by atoms with Crippen molar-refractivity contribution in [3.63, 3.8) is 0 Å². The zero-order chi connectivity index (χ0) is 20.0. The average molecular weight is 410 g/mol. The number of morpholine rings is 1. The van der Waals surface area contributed by atoms with E-state index in [4.69, 9.17) is 14.5 Å². The second kappa shape index (κ2) is 7.31. The third-order valence-corrected chi connectivity index (χ3v) is 6.78. The highest BCUT2D eigenvalue weighted by Gasteiger charge is 2.31. The van der Waals surface area contributed by atoms with Crippen molar-refractivity contribution >= 4 is 38.3 Å². The van der Waals surface area contributed by atoms with Crippen LogP contribution in [0.1, 0.15) is 35.7 Å². The summed E-state index contributed by atoms with van der Waals surface area (Å²) in [6, 6.07) is 11.6. The summed E-state index contributed by atoms with van der Waals surface area (Å²) in [4.78, 5) is 19.9. The van der Waals surface area contributed by atoms with Crippen LogP contribution < -0.4 is 15.0 Å². The smallest absolute Gasteiger partial charge is 0.259 e. The Morgan fingerprint density at radius 3 is 2.86 bits per heavy atom. The van der Waals surface area contributed by atoms with Crippen molar-refractivity contribution in [2.75, 3.05) is 36.5 Å². The molecule has 2 atom stereocenters. The van der Waals surface area contributed by atoms with Crippen molar-refractivity contribution in [2.45, 2.75) is 25.9 Å². The van der Waals surface area contributed by atoms with Gasteiger partial charge in [-0.15, -0.1) is 0 Å². The number of hydrogen-bond donors (Lipinski definition) is 1. The van der Waals surface area contributed by atoms with Crippen LogP contribution in [0.3, 0.4) is 0 Å². The average Bonchev–Trinajstić information content (AvgIpc) is 3.29. The van der Waals surface area contributed by atoms with Crippen molar-refractivity contribution in [2.24, 2.45) is 0 Å². The molecule has 7 heteroatoms. The molecule has 0 bridgehead atoms. The molecule has 1 saturated heterocycles. The molecule has 0 radical (unpaired) electrons. The van der Waals surface area contributed by atoms with Gasteiger partial charge in [0.2, 0.25) is 0 Å². The minimum Gasteiger partial charge on any atom is -0.489 e. The highest BCUT2D eigenvalue weighted by molar-refractivity contribution is 7.22. The number of carbonyl (C=O) groups excluding carboxylic acids is 1. The summed E-state index contributed by atoms with van der Waals surface area (Å²) in [6.07, 6.45) is 0.0751. The maximum atomic E-state index is 13.0. The highest BCUT2D eigenvalue weighted by atomic mass is 32.1. The van der Waals surface area contributed by atoms with Crippen LogP contribution in [0.25, 0.3) is 10.2 Å². The Labute approximate surface area is 173 Å². The standard InChI is InChI=1S/C22H23N3O3S/c1-13-14(2)28-20-16(13)4-3-5-17(20)21(26)23-15-6-7-18-19(12-15)29-22(24-18)25-8-10-27-11-9-25/h3-7,12-14H,8-11H2,1-2H3,(H,23,26)/t13-,14+/m1/s1. The van der Waals surface area contributed by atoms with Crippen LogP contribution in [0.15, 0.2) is 36.4 Å². The summed E-state index contributed by atoms with van der Waals surface area (Å²) in [5.74, 6) is 0.837. The van der Waals surface area contributed by atoms with E-state index in [-0.39, 0.29) is 17.9 Å². The molecule has 1 aromatic heterocycles.